The maximum absolute atomic E-state index is 4.93. The summed E-state index contributed by atoms with van der Waals surface area (Å²) in [5, 5.41) is 11.3. The summed E-state index contributed by atoms with van der Waals surface area (Å²) in [5.41, 5.74) is 3.47. The smallest absolute Gasteiger partial charge is 0.0708 e. The van der Waals surface area contributed by atoms with Gasteiger partial charge in [0.1, 0.15) is 0 Å². The van der Waals surface area contributed by atoms with Gasteiger partial charge in [-0.2, -0.15) is 0 Å². The molecule has 0 aliphatic rings. The largest absolute Gasteiger partial charge is 0.256 e. The van der Waals surface area contributed by atoms with Crippen molar-refractivity contribution in [2.45, 2.75) is 9.79 Å². The molecule has 0 aliphatic heterocycles. The SMILES string of the molecule is c1ccc(-c2c3ccccc3c(Sc3cc4ccccc4c4ccccc34)c3c2cnc2ccccc23)cc1. The van der Waals surface area contributed by atoms with E-state index in [0.29, 0.717) is 0 Å². The number of para-hydroxylation sites is 1. The third kappa shape index (κ3) is 3.53. The molecular weight excluding hydrogens is 490 g/mol. The van der Waals surface area contributed by atoms with Gasteiger partial charge in [0.15, 0.2) is 0 Å². The lowest BCUT2D eigenvalue weighted by Gasteiger charge is -2.19. The Kier molecular flexibility index (Phi) is 5.14. The highest BCUT2D eigenvalue weighted by atomic mass is 32.2. The van der Waals surface area contributed by atoms with Gasteiger partial charge in [-0.15, -0.1) is 0 Å². The molecule has 2 heteroatoms. The molecule has 1 nitrogen and oxygen atoms in total. The number of pyridine rings is 1. The fourth-order valence-corrected chi connectivity index (χ4v) is 7.29. The minimum Gasteiger partial charge on any atom is -0.256 e. The zero-order valence-corrected chi connectivity index (χ0v) is 22.0. The Morgan fingerprint density at radius 3 is 1.90 bits per heavy atom. The maximum Gasteiger partial charge on any atom is 0.0708 e. The van der Waals surface area contributed by atoms with Crippen molar-refractivity contribution in [3.05, 3.63) is 140 Å². The van der Waals surface area contributed by atoms with Gasteiger partial charge in [0.05, 0.1) is 5.52 Å². The van der Waals surface area contributed by atoms with E-state index in [2.05, 4.69) is 140 Å². The predicted octanol–water partition coefficient (Wildman–Crippen LogP) is 10.7. The van der Waals surface area contributed by atoms with Crippen molar-refractivity contribution in [1.29, 1.82) is 0 Å². The monoisotopic (exact) mass is 513 g/mol. The number of benzene rings is 7. The van der Waals surface area contributed by atoms with Crippen molar-refractivity contribution in [2.24, 2.45) is 0 Å². The Labute approximate surface area is 230 Å². The molecule has 7 aromatic carbocycles. The molecule has 0 saturated carbocycles. The van der Waals surface area contributed by atoms with Crippen LogP contribution < -0.4 is 0 Å². The molecule has 0 spiro atoms. The molecule has 0 atom stereocenters. The lowest BCUT2D eigenvalue weighted by Crippen LogP contribution is -1.92. The van der Waals surface area contributed by atoms with Gasteiger partial charge < -0.3 is 0 Å². The first kappa shape index (κ1) is 22.3. The Balaban J connectivity index is 1.53. The quantitative estimate of drug-likeness (QED) is 0.172. The van der Waals surface area contributed by atoms with Gasteiger partial charge in [0.25, 0.3) is 0 Å². The molecule has 1 heterocycles. The fraction of sp³-hybridized carbons (Fsp3) is 0. The summed E-state index contributed by atoms with van der Waals surface area (Å²) >= 11 is 1.88. The molecule has 39 heavy (non-hydrogen) atoms. The highest BCUT2D eigenvalue weighted by Crippen LogP contribution is 2.48. The second kappa shape index (κ2) is 8.97. The van der Waals surface area contributed by atoms with Gasteiger partial charge in [0, 0.05) is 32.1 Å². The minimum absolute atomic E-state index is 1.02. The van der Waals surface area contributed by atoms with E-state index < -0.39 is 0 Å². The number of nitrogens with zero attached hydrogens (tertiary/aromatic N) is 1. The Hall–Kier alpha value is -4.66. The molecular formula is C37H23NS. The van der Waals surface area contributed by atoms with E-state index in [0.717, 1.165) is 5.52 Å². The summed E-state index contributed by atoms with van der Waals surface area (Å²) in [7, 11) is 0. The van der Waals surface area contributed by atoms with Crippen molar-refractivity contribution in [1.82, 2.24) is 4.98 Å². The fourth-order valence-electron chi connectivity index (χ4n) is 5.99. The first-order valence-electron chi connectivity index (χ1n) is 13.2. The Bertz CT molecular complexity index is 2200. The van der Waals surface area contributed by atoms with Crippen LogP contribution in [0.1, 0.15) is 0 Å². The van der Waals surface area contributed by atoms with Crippen LogP contribution in [0, 0.1) is 0 Å². The topological polar surface area (TPSA) is 12.9 Å². The second-order valence-electron chi connectivity index (χ2n) is 9.92. The molecule has 8 rings (SSSR count). The van der Waals surface area contributed by atoms with Crippen molar-refractivity contribution in [3.63, 3.8) is 0 Å². The molecule has 0 unspecified atom stereocenters. The summed E-state index contributed by atoms with van der Waals surface area (Å²) in [5.74, 6) is 0. The standard InChI is InChI=1S/C37H23NS/c1-2-12-24(13-3-1)35-29-18-8-9-19-30(29)37(36-31-20-10-11-21-33(31)38-23-32(35)36)39-34-22-25-14-4-5-15-26(25)27-16-6-7-17-28(27)34/h1-23H. The first-order valence-corrected chi connectivity index (χ1v) is 14.0. The van der Waals surface area contributed by atoms with Crippen LogP contribution in [0.5, 0.6) is 0 Å². The van der Waals surface area contributed by atoms with Crippen LogP contribution in [0.4, 0.5) is 0 Å². The molecule has 8 aromatic rings. The third-order valence-electron chi connectivity index (χ3n) is 7.72. The van der Waals surface area contributed by atoms with E-state index >= 15 is 0 Å². The predicted molar refractivity (Wildman–Crippen MR) is 168 cm³/mol. The van der Waals surface area contributed by atoms with E-state index in [4.69, 9.17) is 4.98 Å². The Morgan fingerprint density at radius 1 is 0.462 bits per heavy atom. The van der Waals surface area contributed by atoms with Crippen LogP contribution in [0.25, 0.3) is 65.1 Å². The summed E-state index contributed by atoms with van der Waals surface area (Å²) in [6.45, 7) is 0. The number of hydrogen-bond acceptors (Lipinski definition) is 2. The number of fused-ring (bicyclic) bond motifs is 7. The van der Waals surface area contributed by atoms with Gasteiger partial charge in [-0.3, -0.25) is 4.98 Å². The van der Waals surface area contributed by atoms with Crippen LogP contribution in [-0.4, -0.2) is 4.98 Å². The van der Waals surface area contributed by atoms with E-state index in [1.807, 2.05) is 11.8 Å². The van der Waals surface area contributed by atoms with E-state index in [1.54, 1.807) is 0 Å². The average Bonchev–Trinajstić information content (AvgIpc) is 3.01. The molecule has 1 aromatic heterocycles. The van der Waals surface area contributed by atoms with Gasteiger partial charge in [-0.05, 0) is 55.6 Å². The Morgan fingerprint density at radius 2 is 1.08 bits per heavy atom. The van der Waals surface area contributed by atoms with Gasteiger partial charge in [-0.1, -0.05) is 133 Å². The van der Waals surface area contributed by atoms with Crippen LogP contribution in [0.3, 0.4) is 0 Å². The third-order valence-corrected chi connectivity index (χ3v) is 8.90. The number of hydrogen-bond donors (Lipinski definition) is 0. The highest BCUT2D eigenvalue weighted by molar-refractivity contribution is 8.00. The minimum atomic E-state index is 1.02. The summed E-state index contributed by atoms with van der Waals surface area (Å²) in [6, 6.07) is 48.0. The summed E-state index contributed by atoms with van der Waals surface area (Å²) < 4.78 is 0. The van der Waals surface area contributed by atoms with Crippen LogP contribution in [-0.2, 0) is 0 Å². The second-order valence-corrected chi connectivity index (χ2v) is 11.0. The van der Waals surface area contributed by atoms with Gasteiger partial charge in [-0.25, -0.2) is 0 Å². The molecule has 0 saturated heterocycles. The molecule has 0 aliphatic carbocycles. The zero-order chi connectivity index (χ0) is 25.8. The van der Waals surface area contributed by atoms with Crippen LogP contribution in [0.15, 0.2) is 149 Å². The van der Waals surface area contributed by atoms with E-state index in [9.17, 15) is 0 Å². The summed E-state index contributed by atoms with van der Waals surface area (Å²) in [4.78, 5) is 7.48. The molecule has 0 radical (unpaired) electrons. The van der Waals surface area contributed by atoms with Crippen LogP contribution >= 0.6 is 11.8 Å². The highest BCUT2D eigenvalue weighted by Gasteiger charge is 2.19. The maximum atomic E-state index is 4.93. The van der Waals surface area contributed by atoms with Gasteiger partial charge >= 0.3 is 0 Å². The van der Waals surface area contributed by atoms with E-state index in [-0.39, 0.29) is 0 Å². The summed E-state index contributed by atoms with van der Waals surface area (Å²) in [6.07, 6.45) is 2.08. The number of rotatable bonds is 3. The normalized spacial score (nSPS) is 11.7. The lowest BCUT2D eigenvalue weighted by molar-refractivity contribution is 1.43. The lowest BCUT2D eigenvalue weighted by atomic mass is 9.91. The molecule has 0 amide bonds. The van der Waals surface area contributed by atoms with Gasteiger partial charge in [0.2, 0.25) is 0 Å². The van der Waals surface area contributed by atoms with E-state index in [1.165, 1.54) is 69.4 Å². The molecule has 182 valence electrons. The van der Waals surface area contributed by atoms with Crippen molar-refractivity contribution < 1.29 is 0 Å². The van der Waals surface area contributed by atoms with Crippen LogP contribution in [0.2, 0.25) is 0 Å². The van der Waals surface area contributed by atoms with Crippen molar-refractivity contribution >= 4 is 65.8 Å². The van der Waals surface area contributed by atoms with Crippen molar-refractivity contribution in [2.75, 3.05) is 0 Å². The average molecular weight is 514 g/mol. The zero-order valence-electron chi connectivity index (χ0n) is 21.1. The van der Waals surface area contributed by atoms with Crippen molar-refractivity contribution in [3.8, 4) is 11.1 Å². The number of aromatic nitrogens is 1. The molecule has 0 fully saturated rings. The molecule has 0 N–H and O–H groups in total. The first-order chi connectivity index (χ1) is 19.4. The molecule has 0 bridgehead atoms.